The van der Waals surface area contributed by atoms with Gasteiger partial charge in [-0.25, -0.2) is 4.79 Å². The van der Waals surface area contributed by atoms with E-state index in [0.29, 0.717) is 12.1 Å². The number of carbonyl (C=O) groups is 1. The predicted octanol–water partition coefficient (Wildman–Crippen LogP) is -0.383. The van der Waals surface area contributed by atoms with Crippen molar-refractivity contribution in [2.75, 3.05) is 46.3 Å². The van der Waals surface area contributed by atoms with Gasteiger partial charge in [0.15, 0.2) is 0 Å². The maximum absolute atomic E-state index is 12.1. The maximum Gasteiger partial charge on any atom is 0.335 e. The highest BCUT2D eigenvalue weighted by Crippen LogP contribution is 2.01. The molecule has 2 rings (SSSR count). The smallest absolute Gasteiger partial charge is 0.335 e. The zero-order valence-electron chi connectivity index (χ0n) is 11.1. The molecule has 0 unspecified atom stereocenters. The summed E-state index contributed by atoms with van der Waals surface area (Å²) in [6, 6.07) is 2.76. The Morgan fingerprint density at radius 3 is 2.79 bits per heavy atom. The van der Waals surface area contributed by atoms with Gasteiger partial charge in [-0.3, -0.25) is 9.69 Å². The Kier molecular flexibility index (Phi) is 4.70. The largest absolute Gasteiger partial charge is 0.430 e. The van der Waals surface area contributed by atoms with Crippen molar-refractivity contribution in [3.8, 4) is 0 Å². The molecular weight excluding hydrogens is 246 g/mol. The molecule has 1 aliphatic heterocycles. The number of likely N-dealkylation sites (N-methyl/N-ethyl adjacent to an activating group) is 1. The van der Waals surface area contributed by atoms with Gasteiger partial charge in [-0.05, 0) is 6.07 Å². The predicted molar refractivity (Wildman–Crippen MR) is 71.2 cm³/mol. The van der Waals surface area contributed by atoms with Crippen molar-refractivity contribution in [1.29, 1.82) is 0 Å². The third kappa shape index (κ3) is 3.90. The lowest BCUT2D eigenvalue weighted by Gasteiger charge is -2.29. The molecule has 1 amide bonds. The van der Waals surface area contributed by atoms with Crippen molar-refractivity contribution >= 4 is 5.91 Å². The van der Waals surface area contributed by atoms with Crippen LogP contribution in [0.15, 0.2) is 27.6 Å². The molecule has 1 aliphatic rings. The standard InChI is InChI=1S/C13H19N3O3/c1-15(8-9-16-6-4-14-5-7-16)13(18)11-2-3-12(17)19-10-11/h2-3,10,14H,4-9H2,1H3. The Labute approximate surface area is 112 Å². The number of carbonyl (C=O) groups excluding carboxylic acids is 1. The summed E-state index contributed by atoms with van der Waals surface area (Å²) < 4.78 is 4.70. The highest BCUT2D eigenvalue weighted by molar-refractivity contribution is 5.93. The molecule has 0 aliphatic carbocycles. The second-order valence-electron chi connectivity index (χ2n) is 4.66. The summed E-state index contributed by atoms with van der Waals surface area (Å²) in [5, 5.41) is 3.29. The molecule has 0 aromatic carbocycles. The van der Waals surface area contributed by atoms with E-state index in [1.165, 1.54) is 18.4 Å². The third-order valence-electron chi connectivity index (χ3n) is 3.26. The number of hydrogen-bond acceptors (Lipinski definition) is 5. The summed E-state index contributed by atoms with van der Waals surface area (Å²) in [6.45, 7) is 5.56. The molecule has 19 heavy (non-hydrogen) atoms. The fourth-order valence-corrected chi connectivity index (χ4v) is 2.03. The normalized spacial score (nSPS) is 16.3. The molecule has 104 valence electrons. The highest BCUT2D eigenvalue weighted by atomic mass is 16.4. The van der Waals surface area contributed by atoms with Crippen LogP contribution in [0.2, 0.25) is 0 Å². The second kappa shape index (κ2) is 6.49. The number of hydrogen-bond donors (Lipinski definition) is 1. The van der Waals surface area contributed by atoms with Crippen LogP contribution in [0.4, 0.5) is 0 Å². The van der Waals surface area contributed by atoms with Crippen LogP contribution in [0.3, 0.4) is 0 Å². The SMILES string of the molecule is CN(CCN1CCNCC1)C(=O)c1ccc(=O)oc1. The van der Waals surface area contributed by atoms with E-state index >= 15 is 0 Å². The Morgan fingerprint density at radius 2 is 2.16 bits per heavy atom. The Bertz CT molecular complexity index is 460. The number of nitrogens with one attached hydrogen (secondary N) is 1. The van der Waals surface area contributed by atoms with E-state index in [-0.39, 0.29) is 5.91 Å². The molecule has 6 heteroatoms. The first-order valence-electron chi connectivity index (χ1n) is 6.44. The molecule has 1 N–H and O–H groups in total. The second-order valence-corrected chi connectivity index (χ2v) is 4.66. The first-order valence-corrected chi connectivity index (χ1v) is 6.44. The molecule has 1 saturated heterocycles. The molecule has 0 atom stereocenters. The van der Waals surface area contributed by atoms with E-state index in [1.54, 1.807) is 11.9 Å². The Morgan fingerprint density at radius 1 is 1.42 bits per heavy atom. The van der Waals surface area contributed by atoms with Gasteiger partial charge in [-0.2, -0.15) is 0 Å². The van der Waals surface area contributed by atoms with Crippen molar-refractivity contribution in [2.45, 2.75) is 0 Å². The lowest BCUT2D eigenvalue weighted by molar-refractivity contribution is 0.0772. The molecule has 0 spiro atoms. The molecule has 0 saturated carbocycles. The van der Waals surface area contributed by atoms with E-state index in [9.17, 15) is 9.59 Å². The Hall–Kier alpha value is -1.66. The summed E-state index contributed by atoms with van der Waals surface area (Å²) >= 11 is 0. The quantitative estimate of drug-likeness (QED) is 0.803. The fraction of sp³-hybridized carbons (Fsp3) is 0.538. The van der Waals surface area contributed by atoms with Crippen molar-refractivity contribution in [1.82, 2.24) is 15.1 Å². The molecule has 2 heterocycles. The van der Waals surface area contributed by atoms with Crippen molar-refractivity contribution in [3.05, 3.63) is 34.4 Å². The van der Waals surface area contributed by atoms with E-state index in [4.69, 9.17) is 4.42 Å². The van der Waals surface area contributed by atoms with Gasteiger partial charge in [0.05, 0.1) is 5.56 Å². The molecule has 1 fully saturated rings. The Balaban J connectivity index is 1.84. The first-order chi connectivity index (χ1) is 9.16. The van der Waals surface area contributed by atoms with Gasteiger partial charge in [-0.1, -0.05) is 0 Å². The van der Waals surface area contributed by atoms with Gasteiger partial charge < -0.3 is 14.6 Å². The maximum atomic E-state index is 12.1. The highest BCUT2D eigenvalue weighted by Gasteiger charge is 2.15. The summed E-state index contributed by atoms with van der Waals surface area (Å²) in [6.07, 6.45) is 1.21. The third-order valence-corrected chi connectivity index (χ3v) is 3.26. The minimum atomic E-state index is -0.444. The summed E-state index contributed by atoms with van der Waals surface area (Å²) in [7, 11) is 1.76. The van der Waals surface area contributed by atoms with Crippen LogP contribution in [0.5, 0.6) is 0 Å². The van der Waals surface area contributed by atoms with Crippen molar-refractivity contribution < 1.29 is 9.21 Å². The van der Waals surface area contributed by atoms with Crippen LogP contribution in [0, 0.1) is 0 Å². The fourth-order valence-electron chi connectivity index (χ4n) is 2.03. The van der Waals surface area contributed by atoms with E-state index in [0.717, 1.165) is 32.7 Å². The van der Waals surface area contributed by atoms with E-state index < -0.39 is 5.63 Å². The minimum Gasteiger partial charge on any atom is -0.430 e. The molecule has 0 radical (unpaired) electrons. The molecule has 0 bridgehead atoms. The van der Waals surface area contributed by atoms with Gasteiger partial charge in [0, 0.05) is 52.4 Å². The number of nitrogens with zero attached hydrogens (tertiary/aromatic N) is 2. The van der Waals surface area contributed by atoms with E-state index in [2.05, 4.69) is 10.2 Å². The van der Waals surface area contributed by atoms with Crippen molar-refractivity contribution in [2.24, 2.45) is 0 Å². The lowest BCUT2D eigenvalue weighted by Crippen LogP contribution is -2.46. The van der Waals surface area contributed by atoms with Crippen LogP contribution >= 0.6 is 0 Å². The van der Waals surface area contributed by atoms with Crippen LogP contribution in [-0.2, 0) is 0 Å². The van der Waals surface area contributed by atoms with Crippen LogP contribution in [0.25, 0.3) is 0 Å². The number of amides is 1. The van der Waals surface area contributed by atoms with Crippen LogP contribution in [0.1, 0.15) is 10.4 Å². The average molecular weight is 265 g/mol. The molecule has 1 aromatic rings. The topological polar surface area (TPSA) is 65.8 Å². The molecular formula is C13H19N3O3. The first kappa shape index (κ1) is 13.8. The number of piperazine rings is 1. The minimum absolute atomic E-state index is 0.126. The van der Waals surface area contributed by atoms with Crippen molar-refractivity contribution in [3.63, 3.8) is 0 Å². The zero-order valence-corrected chi connectivity index (χ0v) is 11.1. The monoisotopic (exact) mass is 265 g/mol. The summed E-state index contributed by atoms with van der Waals surface area (Å²) in [4.78, 5) is 26.9. The van der Waals surface area contributed by atoms with Gasteiger partial charge in [0.2, 0.25) is 0 Å². The molecule has 1 aromatic heterocycles. The van der Waals surface area contributed by atoms with Gasteiger partial charge in [0.25, 0.3) is 5.91 Å². The summed E-state index contributed by atoms with van der Waals surface area (Å²) in [5.74, 6) is -0.126. The average Bonchev–Trinajstić information content (AvgIpc) is 2.46. The zero-order chi connectivity index (χ0) is 13.7. The van der Waals surface area contributed by atoms with Gasteiger partial charge in [0.1, 0.15) is 6.26 Å². The number of rotatable bonds is 4. The van der Waals surface area contributed by atoms with Gasteiger partial charge >= 0.3 is 5.63 Å². The molecule has 6 nitrogen and oxygen atoms in total. The van der Waals surface area contributed by atoms with Crippen LogP contribution < -0.4 is 10.9 Å². The van der Waals surface area contributed by atoms with Crippen LogP contribution in [-0.4, -0.2) is 62.0 Å². The van der Waals surface area contributed by atoms with E-state index in [1.807, 2.05) is 0 Å². The summed E-state index contributed by atoms with van der Waals surface area (Å²) in [5.41, 5.74) is -0.0394. The van der Waals surface area contributed by atoms with Gasteiger partial charge in [-0.15, -0.1) is 0 Å². The lowest BCUT2D eigenvalue weighted by atomic mass is 10.2.